The highest BCUT2D eigenvalue weighted by Gasteiger charge is 2.10. The molecule has 2 rings (SSSR count). The minimum atomic E-state index is 0. The minimum Gasteiger partial charge on any atom is -0.493 e. The lowest BCUT2D eigenvalue weighted by Gasteiger charge is -2.13. The van der Waals surface area contributed by atoms with Gasteiger partial charge in [0.2, 0.25) is 0 Å². The molecule has 0 N–H and O–H groups in total. The van der Waals surface area contributed by atoms with Gasteiger partial charge in [-0.05, 0) is 30.0 Å². The Labute approximate surface area is 133 Å². The molecule has 106 valence electrons. The maximum Gasteiger partial charge on any atom is 0.168 e. The Kier molecular flexibility index (Phi) is 6.63. The number of hydrogen-bond acceptors (Lipinski definition) is 3. The number of nitriles is 1. The number of hydrogen-bond donors (Lipinski definition) is 0. The van der Waals surface area contributed by atoms with E-state index in [-0.39, 0.29) is 12.4 Å². The van der Waals surface area contributed by atoms with E-state index in [0.29, 0.717) is 23.7 Å². The van der Waals surface area contributed by atoms with Crippen LogP contribution in [0.15, 0.2) is 30.3 Å². The summed E-state index contributed by atoms with van der Waals surface area (Å²) >= 11 is 3.38. The molecular weight excluding hydrogens is 342 g/mol. The van der Waals surface area contributed by atoms with Crippen molar-refractivity contribution >= 4 is 39.1 Å². The van der Waals surface area contributed by atoms with Crippen LogP contribution in [0.3, 0.4) is 0 Å². The summed E-state index contributed by atoms with van der Waals surface area (Å²) < 4.78 is 11.2. The zero-order valence-electron chi connectivity index (χ0n) is 11.1. The molecule has 0 saturated carbocycles. The standard InChI is InChI=1S/C15H14BrNO2.ClH/c1-18-14-6-5-12-4-3-11(10-17)9-13(12)15(14)19-8-2-7-16;/h3-6,9H,2,7-8H2,1H3;1H. The van der Waals surface area contributed by atoms with E-state index in [1.165, 1.54) is 0 Å². The summed E-state index contributed by atoms with van der Waals surface area (Å²) in [6.07, 6.45) is 0.914. The molecule has 5 heteroatoms. The highest BCUT2D eigenvalue weighted by Crippen LogP contribution is 2.36. The lowest BCUT2D eigenvalue weighted by Crippen LogP contribution is -2.00. The second-order valence-corrected chi connectivity index (χ2v) is 4.83. The molecule has 0 spiro atoms. The van der Waals surface area contributed by atoms with Gasteiger partial charge in [0.25, 0.3) is 0 Å². The first kappa shape index (κ1) is 16.6. The van der Waals surface area contributed by atoms with Crippen LogP contribution in [0.4, 0.5) is 0 Å². The molecule has 0 aliphatic rings. The molecular formula is C15H15BrClNO2. The van der Waals surface area contributed by atoms with Crippen LogP contribution in [0.5, 0.6) is 11.5 Å². The largest absolute Gasteiger partial charge is 0.493 e. The molecule has 0 amide bonds. The average molecular weight is 357 g/mol. The van der Waals surface area contributed by atoms with Crippen molar-refractivity contribution in [3.8, 4) is 17.6 Å². The van der Waals surface area contributed by atoms with Crippen LogP contribution in [-0.2, 0) is 0 Å². The molecule has 0 aliphatic carbocycles. The zero-order chi connectivity index (χ0) is 13.7. The van der Waals surface area contributed by atoms with Gasteiger partial charge in [0.1, 0.15) is 0 Å². The van der Waals surface area contributed by atoms with Crippen molar-refractivity contribution in [3.63, 3.8) is 0 Å². The van der Waals surface area contributed by atoms with Gasteiger partial charge >= 0.3 is 0 Å². The van der Waals surface area contributed by atoms with Crippen LogP contribution >= 0.6 is 28.3 Å². The SMILES string of the molecule is COc1ccc2ccc(C#N)cc2c1OCCCBr.Cl. The number of nitrogens with zero attached hydrogens (tertiary/aromatic N) is 1. The van der Waals surface area contributed by atoms with Gasteiger partial charge in [-0.2, -0.15) is 5.26 Å². The Morgan fingerprint density at radius 1 is 1.25 bits per heavy atom. The highest BCUT2D eigenvalue weighted by atomic mass is 79.9. The van der Waals surface area contributed by atoms with Crippen LogP contribution in [0.2, 0.25) is 0 Å². The molecule has 0 bridgehead atoms. The van der Waals surface area contributed by atoms with Crippen molar-refractivity contribution in [1.29, 1.82) is 5.26 Å². The molecule has 0 atom stereocenters. The predicted octanol–water partition coefficient (Wildman–Crippen LogP) is 4.31. The first-order chi connectivity index (χ1) is 9.30. The van der Waals surface area contributed by atoms with E-state index in [2.05, 4.69) is 22.0 Å². The van der Waals surface area contributed by atoms with Crippen molar-refractivity contribution in [1.82, 2.24) is 0 Å². The van der Waals surface area contributed by atoms with Gasteiger partial charge in [-0.25, -0.2) is 0 Å². The summed E-state index contributed by atoms with van der Waals surface area (Å²) in [5.41, 5.74) is 0.617. The minimum absolute atomic E-state index is 0. The molecule has 0 unspecified atom stereocenters. The van der Waals surface area contributed by atoms with Crippen LogP contribution < -0.4 is 9.47 Å². The Hall–Kier alpha value is -1.44. The Morgan fingerprint density at radius 2 is 2.00 bits per heavy atom. The molecule has 2 aromatic carbocycles. The predicted molar refractivity (Wildman–Crippen MR) is 86.4 cm³/mol. The molecule has 0 heterocycles. The molecule has 0 saturated heterocycles. The fraction of sp³-hybridized carbons (Fsp3) is 0.267. The van der Waals surface area contributed by atoms with Crippen molar-refractivity contribution < 1.29 is 9.47 Å². The third kappa shape index (κ3) is 3.56. The molecule has 20 heavy (non-hydrogen) atoms. The first-order valence-electron chi connectivity index (χ1n) is 5.99. The Balaban J connectivity index is 0.00000200. The van der Waals surface area contributed by atoms with Crippen molar-refractivity contribution in [2.75, 3.05) is 19.0 Å². The van der Waals surface area contributed by atoms with E-state index >= 15 is 0 Å². The van der Waals surface area contributed by atoms with Gasteiger partial charge in [0, 0.05) is 10.7 Å². The van der Waals surface area contributed by atoms with Crippen molar-refractivity contribution in [2.24, 2.45) is 0 Å². The number of rotatable bonds is 5. The van der Waals surface area contributed by atoms with Crippen molar-refractivity contribution in [3.05, 3.63) is 35.9 Å². The number of halogens is 2. The van der Waals surface area contributed by atoms with Gasteiger partial charge < -0.3 is 9.47 Å². The van der Waals surface area contributed by atoms with Crippen LogP contribution in [0.25, 0.3) is 10.8 Å². The van der Waals surface area contributed by atoms with Crippen molar-refractivity contribution in [2.45, 2.75) is 6.42 Å². The molecule has 0 aliphatic heterocycles. The number of benzene rings is 2. The molecule has 0 radical (unpaired) electrons. The zero-order valence-corrected chi connectivity index (χ0v) is 13.5. The molecule has 2 aromatic rings. The smallest absolute Gasteiger partial charge is 0.168 e. The quantitative estimate of drug-likeness (QED) is 0.592. The maximum atomic E-state index is 9.00. The fourth-order valence-corrected chi connectivity index (χ4v) is 2.11. The lowest BCUT2D eigenvalue weighted by atomic mass is 10.1. The van der Waals surface area contributed by atoms with E-state index in [1.54, 1.807) is 13.2 Å². The van der Waals surface area contributed by atoms with Gasteiger partial charge in [-0.15, -0.1) is 12.4 Å². The van der Waals surface area contributed by atoms with Crippen LogP contribution in [-0.4, -0.2) is 19.0 Å². The monoisotopic (exact) mass is 355 g/mol. The number of methoxy groups -OCH3 is 1. The summed E-state index contributed by atoms with van der Waals surface area (Å²) in [5.74, 6) is 1.40. The summed E-state index contributed by atoms with van der Waals surface area (Å²) in [5, 5.41) is 11.8. The van der Waals surface area contributed by atoms with Crippen LogP contribution in [0, 0.1) is 11.3 Å². The van der Waals surface area contributed by atoms with Gasteiger partial charge in [0.05, 0.1) is 25.3 Å². The maximum absolute atomic E-state index is 9.00. The fourth-order valence-electron chi connectivity index (χ4n) is 1.88. The Morgan fingerprint density at radius 3 is 2.65 bits per heavy atom. The van der Waals surface area contributed by atoms with E-state index in [0.717, 1.165) is 22.5 Å². The highest BCUT2D eigenvalue weighted by molar-refractivity contribution is 9.09. The summed E-state index contributed by atoms with van der Waals surface area (Å²) in [4.78, 5) is 0. The van der Waals surface area contributed by atoms with Gasteiger partial charge in [-0.3, -0.25) is 0 Å². The summed E-state index contributed by atoms with van der Waals surface area (Å²) in [7, 11) is 1.62. The summed E-state index contributed by atoms with van der Waals surface area (Å²) in [6.45, 7) is 0.609. The molecule has 0 fully saturated rings. The topological polar surface area (TPSA) is 42.2 Å². The first-order valence-corrected chi connectivity index (χ1v) is 7.12. The number of ether oxygens (including phenoxy) is 2. The van der Waals surface area contributed by atoms with E-state index in [1.807, 2.05) is 24.3 Å². The lowest BCUT2D eigenvalue weighted by molar-refractivity contribution is 0.299. The molecule has 3 nitrogen and oxygen atoms in total. The normalized spacial score (nSPS) is 9.65. The summed E-state index contributed by atoms with van der Waals surface area (Å²) in [6, 6.07) is 11.6. The Bertz CT molecular complexity index is 625. The second-order valence-electron chi connectivity index (χ2n) is 4.04. The van der Waals surface area contributed by atoms with E-state index in [4.69, 9.17) is 14.7 Å². The third-order valence-electron chi connectivity index (χ3n) is 2.81. The second kappa shape index (κ2) is 7.98. The van der Waals surface area contributed by atoms with Crippen LogP contribution in [0.1, 0.15) is 12.0 Å². The van der Waals surface area contributed by atoms with E-state index in [9.17, 15) is 0 Å². The van der Waals surface area contributed by atoms with Gasteiger partial charge in [0.15, 0.2) is 11.5 Å². The van der Waals surface area contributed by atoms with E-state index < -0.39 is 0 Å². The third-order valence-corrected chi connectivity index (χ3v) is 3.37. The molecule has 0 aromatic heterocycles. The average Bonchev–Trinajstić information content (AvgIpc) is 2.47. The van der Waals surface area contributed by atoms with Gasteiger partial charge in [-0.1, -0.05) is 28.1 Å². The number of alkyl halides is 1. The number of fused-ring (bicyclic) bond motifs is 1.